The molecule has 0 spiro atoms. The van der Waals surface area contributed by atoms with Crippen molar-refractivity contribution in [2.45, 2.75) is 47.5 Å². The first-order chi connectivity index (χ1) is 9.74. The molecule has 2 aromatic rings. The third kappa shape index (κ3) is 4.18. The van der Waals surface area contributed by atoms with Crippen LogP contribution < -0.4 is 5.32 Å². The van der Waals surface area contributed by atoms with E-state index in [1.807, 2.05) is 19.9 Å². The highest BCUT2D eigenvalue weighted by atomic mass is 16.1. The van der Waals surface area contributed by atoms with E-state index in [2.05, 4.69) is 46.5 Å². The molecule has 0 aliphatic rings. The zero-order valence-corrected chi connectivity index (χ0v) is 13.3. The molecule has 2 aromatic heterocycles. The van der Waals surface area contributed by atoms with Gasteiger partial charge in [-0.2, -0.15) is 10.2 Å². The number of carbonyl (C=O) groups is 1. The van der Waals surface area contributed by atoms with Crippen molar-refractivity contribution in [1.29, 1.82) is 0 Å². The fraction of sp³-hybridized carbons (Fsp3) is 0.533. The molecule has 0 atom stereocenters. The Bertz CT molecular complexity index is 613. The number of aromatic nitrogens is 4. The molecule has 0 aromatic carbocycles. The van der Waals surface area contributed by atoms with E-state index in [4.69, 9.17) is 0 Å². The van der Waals surface area contributed by atoms with E-state index in [1.165, 1.54) is 0 Å². The third-order valence-corrected chi connectivity index (χ3v) is 3.24. The van der Waals surface area contributed by atoms with Crippen LogP contribution in [0.15, 0.2) is 6.07 Å². The summed E-state index contributed by atoms with van der Waals surface area (Å²) >= 11 is 0. The Balaban J connectivity index is 1.97. The van der Waals surface area contributed by atoms with Gasteiger partial charge in [0.1, 0.15) is 0 Å². The van der Waals surface area contributed by atoms with E-state index in [0.29, 0.717) is 12.2 Å². The lowest BCUT2D eigenvalue weighted by molar-refractivity contribution is -0.115. The maximum Gasteiger partial charge on any atom is 0.230 e. The van der Waals surface area contributed by atoms with Crippen LogP contribution in [0.2, 0.25) is 0 Å². The minimum atomic E-state index is -0.0867. The molecule has 2 heterocycles. The molecule has 0 saturated heterocycles. The number of H-pyrrole nitrogens is 2. The number of aryl methyl sites for hydroxylation is 2. The largest absolute Gasteiger partial charge is 0.309 e. The van der Waals surface area contributed by atoms with Crippen molar-refractivity contribution < 1.29 is 4.79 Å². The first-order valence-corrected chi connectivity index (χ1v) is 7.09. The number of anilines is 1. The number of hydrogen-bond acceptors (Lipinski definition) is 3. The molecule has 0 bridgehead atoms. The van der Waals surface area contributed by atoms with Gasteiger partial charge in [-0.25, -0.2) is 0 Å². The summed E-state index contributed by atoms with van der Waals surface area (Å²) in [4.78, 5) is 12.1. The van der Waals surface area contributed by atoms with Crippen LogP contribution in [0.1, 0.15) is 43.4 Å². The van der Waals surface area contributed by atoms with Crippen molar-refractivity contribution in [2.75, 3.05) is 5.32 Å². The van der Waals surface area contributed by atoms with Crippen LogP contribution in [0.25, 0.3) is 0 Å². The molecule has 0 aliphatic heterocycles. The van der Waals surface area contributed by atoms with Gasteiger partial charge >= 0.3 is 0 Å². The van der Waals surface area contributed by atoms with Crippen LogP contribution in [0.4, 0.5) is 5.82 Å². The molecule has 0 aliphatic carbocycles. The van der Waals surface area contributed by atoms with Crippen LogP contribution >= 0.6 is 0 Å². The predicted octanol–water partition coefficient (Wildman–Crippen LogP) is 2.52. The molecule has 114 valence electrons. The monoisotopic (exact) mass is 289 g/mol. The van der Waals surface area contributed by atoms with Gasteiger partial charge in [-0.15, -0.1) is 0 Å². The van der Waals surface area contributed by atoms with E-state index < -0.39 is 0 Å². The fourth-order valence-corrected chi connectivity index (χ4v) is 2.27. The minimum absolute atomic E-state index is 0.0867. The standard InChI is InChI=1S/C15H23N5O/c1-9-12(10(2)18-17-9)7-14(21)16-13-6-11(19-20-13)8-15(3,4)5/h6H,7-8H2,1-5H3,(H,17,18)(H2,16,19,20,21). The van der Waals surface area contributed by atoms with Crippen LogP contribution in [0.3, 0.4) is 0 Å². The molecule has 0 fully saturated rings. The van der Waals surface area contributed by atoms with E-state index in [-0.39, 0.29) is 11.3 Å². The second-order valence-corrected chi connectivity index (χ2v) is 6.65. The first kappa shape index (κ1) is 15.3. The maximum atomic E-state index is 12.1. The van der Waals surface area contributed by atoms with Crippen LogP contribution in [0, 0.1) is 19.3 Å². The number of aromatic amines is 2. The molecular weight excluding hydrogens is 266 g/mol. The zero-order chi connectivity index (χ0) is 15.6. The van der Waals surface area contributed by atoms with Crippen molar-refractivity contribution in [3.05, 3.63) is 28.7 Å². The quantitative estimate of drug-likeness (QED) is 0.808. The lowest BCUT2D eigenvalue weighted by Gasteiger charge is -2.15. The summed E-state index contributed by atoms with van der Waals surface area (Å²) in [6.45, 7) is 10.3. The molecular formula is C15H23N5O. The van der Waals surface area contributed by atoms with Crippen LogP contribution in [0.5, 0.6) is 0 Å². The Kier molecular flexibility index (Phi) is 4.16. The van der Waals surface area contributed by atoms with E-state index in [0.717, 1.165) is 29.1 Å². The Hall–Kier alpha value is -2.11. The van der Waals surface area contributed by atoms with Crippen molar-refractivity contribution >= 4 is 11.7 Å². The molecule has 6 nitrogen and oxygen atoms in total. The molecule has 6 heteroatoms. The molecule has 0 unspecified atom stereocenters. The average Bonchev–Trinajstić information content (AvgIpc) is 2.88. The summed E-state index contributed by atoms with van der Waals surface area (Å²) in [5.74, 6) is 0.481. The fourth-order valence-electron chi connectivity index (χ4n) is 2.27. The number of carbonyl (C=O) groups excluding carboxylic acids is 1. The van der Waals surface area contributed by atoms with Crippen molar-refractivity contribution in [2.24, 2.45) is 5.41 Å². The number of rotatable bonds is 4. The first-order valence-electron chi connectivity index (χ1n) is 7.09. The molecule has 3 N–H and O–H groups in total. The van der Waals surface area contributed by atoms with Gasteiger partial charge in [-0.1, -0.05) is 20.8 Å². The van der Waals surface area contributed by atoms with Gasteiger partial charge in [0.25, 0.3) is 0 Å². The van der Waals surface area contributed by atoms with Crippen molar-refractivity contribution in [3.8, 4) is 0 Å². The summed E-state index contributed by atoms with van der Waals surface area (Å²) in [5, 5.41) is 16.9. The van der Waals surface area contributed by atoms with E-state index >= 15 is 0 Å². The van der Waals surface area contributed by atoms with Gasteiger partial charge in [0.2, 0.25) is 5.91 Å². The van der Waals surface area contributed by atoms with Gasteiger partial charge in [-0.05, 0) is 25.7 Å². The minimum Gasteiger partial charge on any atom is -0.309 e. The highest BCUT2D eigenvalue weighted by Crippen LogP contribution is 2.20. The van der Waals surface area contributed by atoms with Gasteiger partial charge in [-0.3, -0.25) is 15.0 Å². The smallest absolute Gasteiger partial charge is 0.230 e. The Morgan fingerprint density at radius 2 is 1.95 bits per heavy atom. The lowest BCUT2D eigenvalue weighted by atomic mass is 9.91. The summed E-state index contributed by atoms with van der Waals surface area (Å²) in [6, 6.07) is 1.89. The topological polar surface area (TPSA) is 86.5 Å². The van der Waals surface area contributed by atoms with Crippen molar-refractivity contribution in [3.63, 3.8) is 0 Å². The third-order valence-electron chi connectivity index (χ3n) is 3.24. The lowest BCUT2D eigenvalue weighted by Crippen LogP contribution is -2.15. The second kappa shape index (κ2) is 5.71. The van der Waals surface area contributed by atoms with Crippen molar-refractivity contribution in [1.82, 2.24) is 20.4 Å². The maximum absolute atomic E-state index is 12.1. The van der Waals surface area contributed by atoms with Crippen LogP contribution in [-0.4, -0.2) is 26.3 Å². The molecule has 21 heavy (non-hydrogen) atoms. The zero-order valence-electron chi connectivity index (χ0n) is 13.3. The molecule has 1 amide bonds. The second-order valence-electron chi connectivity index (χ2n) is 6.65. The highest BCUT2D eigenvalue weighted by Gasteiger charge is 2.15. The molecule has 2 rings (SSSR count). The summed E-state index contributed by atoms with van der Waals surface area (Å²) in [5.41, 5.74) is 3.93. The summed E-state index contributed by atoms with van der Waals surface area (Å²) in [7, 11) is 0. The van der Waals surface area contributed by atoms with E-state index in [1.54, 1.807) is 0 Å². The molecule has 0 saturated carbocycles. The number of nitrogens with zero attached hydrogens (tertiary/aromatic N) is 2. The number of amides is 1. The van der Waals surface area contributed by atoms with Gasteiger partial charge in [0, 0.05) is 23.0 Å². The normalized spacial score (nSPS) is 11.7. The van der Waals surface area contributed by atoms with Gasteiger partial charge in [0.15, 0.2) is 5.82 Å². The highest BCUT2D eigenvalue weighted by molar-refractivity contribution is 5.91. The molecule has 0 radical (unpaired) electrons. The number of nitrogens with one attached hydrogen (secondary N) is 3. The Morgan fingerprint density at radius 3 is 2.52 bits per heavy atom. The Labute approximate surface area is 124 Å². The van der Waals surface area contributed by atoms with Gasteiger partial charge in [0.05, 0.1) is 12.1 Å². The van der Waals surface area contributed by atoms with Crippen LogP contribution in [-0.2, 0) is 17.6 Å². The predicted molar refractivity (Wildman–Crippen MR) is 82.1 cm³/mol. The van der Waals surface area contributed by atoms with E-state index in [9.17, 15) is 4.79 Å². The summed E-state index contributed by atoms with van der Waals surface area (Å²) in [6.07, 6.45) is 1.19. The number of hydrogen-bond donors (Lipinski definition) is 3. The SMILES string of the molecule is Cc1n[nH]c(C)c1CC(=O)Nc1cc(CC(C)(C)C)[nH]n1. The summed E-state index contributed by atoms with van der Waals surface area (Å²) < 4.78 is 0. The average molecular weight is 289 g/mol. The van der Waals surface area contributed by atoms with Gasteiger partial charge < -0.3 is 5.32 Å². The Morgan fingerprint density at radius 1 is 1.24 bits per heavy atom.